The van der Waals surface area contributed by atoms with E-state index in [0.717, 1.165) is 106 Å². The lowest BCUT2D eigenvalue weighted by Crippen LogP contribution is -2.03. The van der Waals surface area contributed by atoms with Crippen molar-refractivity contribution < 1.29 is 4.42 Å². The van der Waals surface area contributed by atoms with Crippen molar-refractivity contribution in [1.29, 1.82) is 0 Å². The van der Waals surface area contributed by atoms with Crippen molar-refractivity contribution in [3.05, 3.63) is 212 Å². The van der Waals surface area contributed by atoms with Gasteiger partial charge >= 0.3 is 0 Å². The Labute approximate surface area is 355 Å². The van der Waals surface area contributed by atoms with Gasteiger partial charge in [-0.2, -0.15) is 0 Å². The van der Waals surface area contributed by atoms with Crippen LogP contribution in [0.4, 0.5) is 0 Å². The monoisotopic (exact) mass is 793 g/mol. The largest absolute Gasteiger partial charge is 0.455 e. The van der Waals surface area contributed by atoms with Gasteiger partial charge < -0.3 is 13.6 Å². The van der Waals surface area contributed by atoms with Gasteiger partial charge in [0.1, 0.15) is 11.2 Å². The third kappa shape index (κ3) is 5.04. The molecular weight excluding hydrogens is 759 g/mol. The molecule has 13 rings (SSSR count). The van der Waals surface area contributed by atoms with E-state index in [4.69, 9.17) is 14.6 Å². The number of rotatable bonds is 6. The van der Waals surface area contributed by atoms with E-state index in [1.54, 1.807) is 0 Å². The van der Waals surface area contributed by atoms with Crippen LogP contribution in [0.25, 0.3) is 117 Å². The summed E-state index contributed by atoms with van der Waals surface area (Å²) < 4.78 is 13.5. The normalized spacial score (nSPS) is 11.9. The summed E-state index contributed by atoms with van der Waals surface area (Å²) in [6.45, 7) is 0. The zero-order valence-electron chi connectivity index (χ0n) is 33.4. The number of fused-ring (bicyclic) bond motifs is 10. The lowest BCUT2D eigenvalue weighted by atomic mass is 10.0. The van der Waals surface area contributed by atoms with Crippen LogP contribution in [0, 0.1) is 0 Å². The lowest BCUT2D eigenvalue weighted by molar-refractivity contribution is 0.673. The highest BCUT2D eigenvalue weighted by Crippen LogP contribution is 2.43. The molecule has 0 unspecified atom stereocenters. The van der Waals surface area contributed by atoms with E-state index in [9.17, 15) is 0 Å². The van der Waals surface area contributed by atoms with E-state index in [-0.39, 0.29) is 0 Å². The molecular formula is C56H35N5O. The summed E-state index contributed by atoms with van der Waals surface area (Å²) in [5, 5.41) is 16.7. The molecule has 0 aliphatic carbocycles. The predicted octanol–water partition coefficient (Wildman–Crippen LogP) is 14.4. The van der Waals surface area contributed by atoms with Crippen molar-refractivity contribution in [2.24, 2.45) is 0 Å². The Morgan fingerprint density at radius 2 is 0.952 bits per heavy atom. The van der Waals surface area contributed by atoms with E-state index >= 15 is 0 Å². The zero-order valence-corrected chi connectivity index (χ0v) is 33.4. The van der Waals surface area contributed by atoms with Gasteiger partial charge in [-0.15, -0.1) is 10.2 Å². The summed E-state index contributed by atoms with van der Waals surface area (Å²) in [7, 11) is 0. The number of para-hydroxylation sites is 6. The van der Waals surface area contributed by atoms with Gasteiger partial charge in [-0.05, 0) is 72.3 Å². The number of furan rings is 1. The summed E-state index contributed by atoms with van der Waals surface area (Å²) in [6.07, 6.45) is 0. The summed E-state index contributed by atoms with van der Waals surface area (Å²) in [6, 6.07) is 75.0. The number of aromatic nitrogens is 5. The van der Waals surface area contributed by atoms with Crippen LogP contribution in [0.3, 0.4) is 0 Å². The second-order valence-corrected chi connectivity index (χ2v) is 15.8. The molecule has 0 N–H and O–H groups in total. The minimum Gasteiger partial charge on any atom is -0.455 e. The number of nitrogens with zero attached hydrogens (tertiary/aromatic N) is 5. The number of hydrogen-bond donors (Lipinski definition) is 0. The van der Waals surface area contributed by atoms with Gasteiger partial charge in [-0.3, -0.25) is 4.57 Å². The van der Waals surface area contributed by atoms with Gasteiger partial charge in [-0.25, -0.2) is 0 Å². The van der Waals surface area contributed by atoms with Crippen LogP contribution in [0.5, 0.6) is 0 Å². The van der Waals surface area contributed by atoms with Gasteiger partial charge in [0.2, 0.25) is 0 Å². The van der Waals surface area contributed by atoms with Gasteiger partial charge in [0.15, 0.2) is 11.6 Å². The maximum absolute atomic E-state index is 6.57. The standard InChI is InChI=1S/C56H35N5O/c1-3-16-37(17-4-1)55-57-58-56(60(55)38-18-5-2-6-19-38)46-25-15-24-43-41-21-8-12-27-48(41)61(53(43)46)47-26-11-7-20-40(47)36-30-32-39(33-31-36)59-49-28-13-9-23-45(49)52-50(59)35-34-44-42-22-10-14-29-51(42)62-54(44)52/h1-35H. The zero-order chi connectivity index (χ0) is 40.7. The van der Waals surface area contributed by atoms with Crippen LogP contribution in [-0.4, -0.2) is 23.9 Å². The summed E-state index contributed by atoms with van der Waals surface area (Å²) >= 11 is 0. The average Bonchev–Trinajstić information content (AvgIpc) is 4.12. The Morgan fingerprint density at radius 3 is 1.77 bits per heavy atom. The van der Waals surface area contributed by atoms with Crippen molar-refractivity contribution in [3.63, 3.8) is 0 Å². The molecule has 0 spiro atoms. The molecule has 9 aromatic carbocycles. The van der Waals surface area contributed by atoms with Crippen molar-refractivity contribution in [3.8, 4) is 51.0 Å². The first kappa shape index (κ1) is 34.4. The summed E-state index contributed by atoms with van der Waals surface area (Å²) in [5.74, 6) is 1.56. The van der Waals surface area contributed by atoms with Crippen molar-refractivity contribution >= 4 is 65.6 Å². The van der Waals surface area contributed by atoms with Crippen molar-refractivity contribution in [2.45, 2.75) is 0 Å². The fourth-order valence-electron chi connectivity index (χ4n) is 9.72. The highest BCUT2D eigenvalue weighted by molar-refractivity contribution is 6.24. The van der Waals surface area contributed by atoms with Crippen LogP contribution in [0.1, 0.15) is 0 Å². The second kappa shape index (κ2) is 13.5. The molecule has 4 heterocycles. The maximum Gasteiger partial charge on any atom is 0.171 e. The lowest BCUT2D eigenvalue weighted by Gasteiger charge is -2.17. The molecule has 6 heteroatoms. The van der Waals surface area contributed by atoms with Gasteiger partial charge in [0.25, 0.3) is 0 Å². The Balaban J connectivity index is 1.00. The van der Waals surface area contributed by atoms with E-state index in [2.05, 4.69) is 196 Å². The molecule has 0 radical (unpaired) electrons. The summed E-state index contributed by atoms with van der Waals surface area (Å²) in [4.78, 5) is 0. The van der Waals surface area contributed by atoms with Crippen LogP contribution in [0.2, 0.25) is 0 Å². The molecule has 0 saturated carbocycles. The van der Waals surface area contributed by atoms with Gasteiger partial charge in [-0.1, -0.05) is 146 Å². The molecule has 13 aromatic rings. The fraction of sp³-hybridized carbons (Fsp3) is 0. The van der Waals surface area contributed by atoms with E-state index in [1.807, 2.05) is 30.3 Å². The molecule has 0 amide bonds. The van der Waals surface area contributed by atoms with Crippen molar-refractivity contribution in [1.82, 2.24) is 23.9 Å². The quantitative estimate of drug-likeness (QED) is 0.168. The van der Waals surface area contributed by atoms with E-state index < -0.39 is 0 Å². The molecule has 0 aliphatic rings. The number of hydrogen-bond acceptors (Lipinski definition) is 3. The first-order chi connectivity index (χ1) is 30.8. The molecule has 6 nitrogen and oxygen atoms in total. The van der Waals surface area contributed by atoms with E-state index in [0.29, 0.717) is 0 Å². The second-order valence-electron chi connectivity index (χ2n) is 15.8. The third-order valence-electron chi connectivity index (χ3n) is 12.4. The Kier molecular flexibility index (Phi) is 7.50. The van der Waals surface area contributed by atoms with Gasteiger partial charge in [0, 0.05) is 55.0 Å². The van der Waals surface area contributed by atoms with E-state index in [1.165, 1.54) is 10.8 Å². The molecule has 4 aromatic heterocycles. The van der Waals surface area contributed by atoms with Crippen LogP contribution >= 0.6 is 0 Å². The molecule has 62 heavy (non-hydrogen) atoms. The Hall–Kier alpha value is -8.48. The number of benzene rings is 9. The minimum absolute atomic E-state index is 0.776. The predicted molar refractivity (Wildman–Crippen MR) is 254 cm³/mol. The highest BCUT2D eigenvalue weighted by atomic mass is 16.3. The summed E-state index contributed by atoms with van der Waals surface area (Å²) in [5.41, 5.74) is 13.7. The van der Waals surface area contributed by atoms with Crippen LogP contribution < -0.4 is 0 Å². The minimum atomic E-state index is 0.776. The maximum atomic E-state index is 6.57. The Bertz CT molecular complexity index is 3850. The third-order valence-corrected chi connectivity index (χ3v) is 12.4. The average molecular weight is 794 g/mol. The first-order valence-electron chi connectivity index (χ1n) is 20.9. The Morgan fingerprint density at radius 1 is 0.339 bits per heavy atom. The molecule has 0 fully saturated rings. The molecule has 0 bridgehead atoms. The fourth-order valence-corrected chi connectivity index (χ4v) is 9.72. The topological polar surface area (TPSA) is 53.7 Å². The molecule has 290 valence electrons. The van der Waals surface area contributed by atoms with Crippen LogP contribution in [-0.2, 0) is 0 Å². The molecule has 0 saturated heterocycles. The van der Waals surface area contributed by atoms with Crippen molar-refractivity contribution in [2.75, 3.05) is 0 Å². The highest BCUT2D eigenvalue weighted by Gasteiger charge is 2.24. The van der Waals surface area contributed by atoms with Crippen LogP contribution in [0.15, 0.2) is 217 Å². The molecule has 0 aliphatic heterocycles. The smallest absolute Gasteiger partial charge is 0.171 e. The first-order valence-corrected chi connectivity index (χ1v) is 20.9. The molecule has 0 atom stereocenters. The van der Waals surface area contributed by atoms with Gasteiger partial charge in [0.05, 0.1) is 33.1 Å². The SMILES string of the molecule is c1ccc(-c2nnc(-c3cccc4c5ccccc5n(-c5ccccc5-c5ccc(-n6c7ccccc7c7c8oc9ccccc9c8ccc76)cc5)c34)n2-c2ccccc2)cc1.